The molecule has 3 heteroatoms. The number of nitrogens with zero attached hydrogens (tertiary/aromatic N) is 1. The maximum Gasteiger partial charge on any atom is 0.0991 e. The Morgan fingerprint density at radius 3 is 2.56 bits per heavy atom. The van der Waals surface area contributed by atoms with Crippen LogP contribution in [0.15, 0.2) is 24.3 Å². The van der Waals surface area contributed by atoms with Crippen LogP contribution >= 0.6 is 0 Å². The van der Waals surface area contributed by atoms with Gasteiger partial charge in [-0.1, -0.05) is 12.1 Å². The number of aliphatic hydroxyl groups is 1. The lowest BCUT2D eigenvalue weighted by molar-refractivity contribution is 0.169. The number of rotatable bonds is 4. The van der Waals surface area contributed by atoms with E-state index >= 15 is 0 Å². The minimum absolute atomic E-state index is 0.244. The highest BCUT2D eigenvalue weighted by Gasteiger charge is 2.36. The van der Waals surface area contributed by atoms with Gasteiger partial charge in [0.25, 0.3) is 0 Å². The molecule has 1 unspecified atom stereocenters. The first kappa shape index (κ1) is 11.1. The highest BCUT2D eigenvalue weighted by Crippen LogP contribution is 2.34. The second-order valence-corrected chi connectivity index (χ2v) is 4.69. The van der Waals surface area contributed by atoms with Crippen LogP contribution in [0.3, 0.4) is 0 Å². The van der Waals surface area contributed by atoms with E-state index in [1.807, 2.05) is 0 Å². The lowest BCUT2D eigenvalue weighted by Crippen LogP contribution is -2.31. The van der Waals surface area contributed by atoms with Crippen molar-refractivity contribution in [3.05, 3.63) is 35.4 Å². The minimum atomic E-state index is -0.495. The van der Waals surface area contributed by atoms with Crippen LogP contribution in [0.2, 0.25) is 0 Å². The Bertz CT molecular complexity index is 401. The maximum atomic E-state index is 9.93. The van der Waals surface area contributed by atoms with E-state index in [9.17, 15) is 5.11 Å². The molecular formula is C13H16N2O. The molecule has 0 amide bonds. The van der Waals surface area contributed by atoms with Gasteiger partial charge in [0.2, 0.25) is 0 Å². The number of β-amino-alcohol motifs (C(OH)–C–C–N with tert-alkyl or cyclic N) is 1. The van der Waals surface area contributed by atoms with Crippen LogP contribution in [-0.4, -0.2) is 17.2 Å². The number of hydrogen-bond acceptors (Lipinski definition) is 3. The lowest BCUT2D eigenvalue weighted by Gasteiger charge is -2.16. The average Bonchev–Trinajstić information content (AvgIpc) is 3.05. The van der Waals surface area contributed by atoms with Gasteiger partial charge in [0.1, 0.15) is 0 Å². The van der Waals surface area contributed by atoms with Crippen molar-refractivity contribution in [2.45, 2.75) is 31.4 Å². The number of nitrogens with one attached hydrogen (secondary N) is 1. The lowest BCUT2D eigenvalue weighted by atomic mass is 10.1. The van der Waals surface area contributed by atoms with E-state index in [0.29, 0.717) is 12.1 Å². The Balaban J connectivity index is 1.92. The molecule has 0 radical (unpaired) electrons. The molecule has 3 nitrogen and oxygen atoms in total. The van der Waals surface area contributed by atoms with Gasteiger partial charge in [-0.25, -0.2) is 0 Å². The topological polar surface area (TPSA) is 56.0 Å². The molecule has 2 rings (SSSR count). The Labute approximate surface area is 95.7 Å². The normalized spacial score (nSPS) is 18.8. The van der Waals surface area contributed by atoms with E-state index in [2.05, 4.69) is 18.3 Å². The zero-order valence-corrected chi connectivity index (χ0v) is 9.40. The Hall–Kier alpha value is -1.37. The molecule has 2 N–H and O–H groups in total. The van der Waals surface area contributed by atoms with Gasteiger partial charge in [0.15, 0.2) is 0 Å². The number of hydrogen-bond donors (Lipinski definition) is 2. The first-order valence-corrected chi connectivity index (χ1v) is 5.56. The smallest absolute Gasteiger partial charge is 0.0991 e. The Kier molecular flexibility index (Phi) is 2.95. The fraction of sp³-hybridized carbons (Fsp3) is 0.462. The molecule has 0 heterocycles. The summed E-state index contributed by atoms with van der Waals surface area (Å²) in [5, 5.41) is 21.9. The van der Waals surface area contributed by atoms with E-state index in [1.165, 1.54) is 12.8 Å². The molecule has 0 aromatic heterocycles. The fourth-order valence-electron chi connectivity index (χ4n) is 1.61. The number of benzene rings is 1. The Morgan fingerprint density at radius 2 is 2.06 bits per heavy atom. The highest BCUT2D eigenvalue weighted by molar-refractivity contribution is 5.32. The molecular weight excluding hydrogens is 200 g/mol. The SMILES string of the molecule is CC1(NCC(O)c2ccc(C#N)cc2)CC1. The van der Waals surface area contributed by atoms with Gasteiger partial charge in [0.05, 0.1) is 17.7 Å². The second-order valence-electron chi connectivity index (χ2n) is 4.69. The summed E-state index contributed by atoms with van der Waals surface area (Å²) in [6.07, 6.45) is 1.88. The van der Waals surface area contributed by atoms with Crippen LogP contribution in [-0.2, 0) is 0 Å². The van der Waals surface area contributed by atoms with Crippen molar-refractivity contribution in [2.24, 2.45) is 0 Å². The molecule has 0 aliphatic heterocycles. The van der Waals surface area contributed by atoms with E-state index in [0.717, 1.165) is 5.56 Å². The molecule has 1 fully saturated rings. The Morgan fingerprint density at radius 1 is 1.44 bits per heavy atom. The van der Waals surface area contributed by atoms with E-state index < -0.39 is 6.10 Å². The molecule has 1 aliphatic carbocycles. The van der Waals surface area contributed by atoms with Crippen molar-refractivity contribution in [2.75, 3.05) is 6.54 Å². The van der Waals surface area contributed by atoms with Gasteiger partial charge in [0, 0.05) is 12.1 Å². The third-order valence-corrected chi connectivity index (χ3v) is 3.15. The molecule has 16 heavy (non-hydrogen) atoms. The summed E-state index contributed by atoms with van der Waals surface area (Å²) in [7, 11) is 0. The molecule has 0 bridgehead atoms. The van der Waals surface area contributed by atoms with E-state index in [1.54, 1.807) is 24.3 Å². The van der Waals surface area contributed by atoms with Crippen LogP contribution in [0.25, 0.3) is 0 Å². The number of aliphatic hydroxyl groups excluding tert-OH is 1. The molecule has 1 saturated carbocycles. The predicted molar refractivity (Wildman–Crippen MR) is 61.8 cm³/mol. The van der Waals surface area contributed by atoms with Crippen LogP contribution in [0.4, 0.5) is 0 Å². The van der Waals surface area contributed by atoms with E-state index in [4.69, 9.17) is 5.26 Å². The largest absolute Gasteiger partial charge is 0.387 e. The van der Waals surface area contributed by atoms with Crippen molar-refractivity contribution in [1.29, 1.82) is 5.26 Å². The molecule has 1 aliphatic rings. The highest BCUT2D eigenvalue weighted by atomic mass is 16.3. The summed E-state index contributed by atoms with van der Waals surface area (Å²) >= 11 is 0. The maximum absolute atomic E-state index is 9.93. The van der Waals surface area contributed by atoms with Crippen molar-refractivity contribution < 1.29 is 5.11 Å². The standard InChI is InChI=1S/C13H16N2O/c1-13(6-7-13)15-9-12(16)11-4-2-10(8-14)3-5-11/h2-5,12,15-16H,6-7,9H2,1H3. The summed E-state index contributed by atoms with van der Waals surface area (Å²) in [5.41, 5.74) is 1.72. The molecule has 0 spiro atoms. The van der Waals surface area contributed by atoms with E-state index in [-0.39, 0.29) is 5.54 Å². The minimum Gasteiger partial charge on any atom is -0.387 e. The first-order chi connectivity index (χ1) is 7.63. The first-order valence-electron chi connectivity index (χ1n) is 5.56. The summed E-state index contributed by atoms with van der Waals surface area (Å²) in [6.45, 7) is 2.74. The van der Waals surface area contributed by atoms with Gasteiger partial charge in [-0.3, -0.25) is 0 Å². The summed E-state index contributed by atoms with van der Waals surface area (Å²) in [4.78, 5) is 0. The van der Waals surface area contributed by atoms with Gasteiger partial charge in [-0.15, -0.1) is 0 Å². The van der Waals surface area contributed by atoms with Gasteiger partial charge in [-0.2, -0.15) is 5.26 Å². The van der Waals surface area contributed by atoms with Crippen molar-refractivity contribution in [3.8, 4) is 6.07 Å². The van der Waals surface area contributed by atoms with Crippen LogP contribution < -0.4 is 5.32 Å². The quantitative estimate of drug-likeness (QED) is 0.806. The molecule has 0 saturated heterocycles. The van der Waals surface area contributed by atoms with Crippen molar-refractivity contribution in [3.63, 3.8) is 0 Å². The summed E-state index contributed by atoms with van der Waals surface area (Å²) in [5.74, 6) is 0. The molecule has 1 aromatic rings. The third-order valence-electron chi connectivity index (χ3n) is 3.15. The summed E-state index contributed by atoms with van der Waals surface area (Å²) in [6, 6.07) is 9.14. The monoisotopic (exact) mass is 216 g/mol. The number of nitriles is 1. The zero-order chi connectivity index (χ0) is 11.6. The second kappa shape index (κ2) is 4.25. The summed E-state index contributed by atoms with van der Waals surface area (Å²) < 4.78 is 0. The molecule has 84 valence electrons. The van der Waals surface area contributed by atoms with Crippen LogP contribution in [0.1, 0.15) is 37.0 Å². The van der Waals surface area contributed by atoms with Crippen molar-refractivity contribution in [1.82, 2.24) is 5.32 Å². The average molecular weight is 216 g/mol. The van der Waals surface area contributed by atoms with Gasteiger partial charge in [-0.05, 0) is 37.5 Å². The van der Waals surface area contributed by atoms with Crippen LogP contribution in [0.5, 0.6) is 0 Å². The van der Waals surface area contributed by atoms with Gasteiger partial charge < -0.3 is 10.4 Å². The predicted octanol–water partition coefficient (Wildman–Crippen LogP) is 1.73. The zero-order valence-electron chi connectivity index (χ0n) is 9.40. The van der Waals surface area contributed by atoms with Crippen LogP contribution in [0, 0.1) is 11.3 Å². The van der Waals surface area contributed by atoms with Gasteiger partial charge >= 0.3 is 0 Å². The molecule has 1 atom stereocenters. The fourth-order valence-corrected chi connectivity index (χ4v) is 1.61. The van der Waals surface area contributed by atoms with Crippen molar-refractivity contribution >= 4 is 0 Å². The molecule has 1 aromatic carbocycles. The third kappa shape index (κ3) is 2.60.